The van der Waals surface area contributed by atoms with Crippen molar-refractivity contribution >= 4 is 0 Å². The molecule has 1 aliphatic carbocycles. The van der Waals surface area contributed by atoms with E-state index in [1.54, 1.807) is 0 Å². The Hall–Kier alpha value is -5.51. The first-order chi connectivity index (χ1) is 43.8. The Balaban J connectivity index is 1.40. The molecule has 0 saturated carbocycles. The molecule has 494 valence electrons. The molecule has 0 unspecified atom stereocenters. The van der Waals surface area contributed by atoms with Crippen LogP contribution in [0.5, 0.6) is 23.0 Å². The highest BCUT2D eigenvalue weighted by atomic mass is 16.5. The summed E-state index contributed by atoms with van der Waals surface area (Å²) in [6.07, 6.45) is 51.8. The molecule has 1 aromatic heterocycles. The summed E-state index contributed by atoms with van der Waals surface area (Å²) in [5, 5.41) is 0. The molecule has 0 fully saturated rings. The number of nitrogens with one attached hydrogen (secondary N) is 2. The molecule has 0 radical (unpaired) electrons. The number of fused-ring (bicyclic) bond motifs is 8. The molecular weight excluding hydrogens is 1100 g/mol. The van der Waals surface area contributed by atoms with Crippen LogP contribution >= 0.6 is 0 Å². The van der Waals surface area contributed by atoms with Crippen molar-refractivity contribution in [2.45, 2.75) is 310 Å². The number of benzene rings is 4. The Morgan fingerprint density at radius 3 is 0.730 bits per heavy atom. The van der Waals surface area contributed by atoms with Crippen molar-refractivity contribution in [3.8, 4) is 28.7 Å². The highest BCUT2D eigenvalue weighted by molar-refractivity contribution is 5.58. The zero-order valence-electron chi connectivity index (χ0n) is 56.6. The predicted molar refractivity (Wildman–Crippen MR) is 373 cm³/mol. The minimum atomic E-state index is -0.839. The molecule has 1 heterocycles. The third-order valence-electron chi connectivity index (χ3n) is 18.4. The van der Waals surface area contributed by atoms with Crippen molar-refractivity contribution in [3.63, 3.8) is 0 Å². The summed E-state index contributed by atoms with van der Waals surface area (Å²) in [6, 6.07) is 23.6. The largest absolute Gasteiger partial charge is 0.493 e. The van der Waals surface area contributed by atoms with Gasteiger partial charge >= 0.3 is 17.1 Å². The number of ether oxygens (including phenoxy) is 4. The first-order valence-corrected chi connectivity index (χ1v) is 36.8. The van der Waals surface area contributed by atoms with Crippen molar-refractivity contribution in [2.75, 3.05) is 26.4 Å². The maximum absolute atomic E-state index is 13.8. The van der Waals surface area contributed by atoms with Gasteiger partial charge in [-0.1, -0.05) is 313 Å². The SMILES string of the molecule is CCCCCCCCCCCCOc1c2cccc1Cc1cccc(c1OCCCCCCCCCCCC)Cc1cc(-n3c(=O)[nH]c(=O)[nH]c3=O)cc(c1OCCCCCCCCCCCC)Cc1cccc(c1OCCCCCCCCCCCC)C2. The van der Waals surface area contributed by atoms with Gasteiger partial charge in [-0.2, -0.15) is 0 Å². The number of rotatable bonds is 49. The fourth-order valence-corrected chi connectivity index (χ4v) is 13.2. The van der Waals surface area contributed by atoms with Crippen LogP contribution in [0.4, 0.5) is 0 Å². The summed E-state index contributed by atoms with van der Waals surface area (Å²) in [7, 11) is 0. The van der Waals surface area contributed by atoms with E-state index in [0.717, 1.165) is 123 Å². The molecule has 5 aromatic rings. The van der Waals surface area contributed by atoms with Gasteiger partial charge in [0.2, 0.25) is 0 Å². The summed E-state index contributed by atoms with van der Waals surface area (Å²) in [5.41, 5.74) is 6.04. The second-order valence-electron chi connectivity index (χ2n) is 26.2. The molecule has 0 saturated heterocycles. The molecule has 0 spiro atoms. The van der Waals surface area contributed by atoms with Crippen molar-refractivity contribution in [1.82, 2.24) is 14.5 Å². The van der Waals surface area contributed by atoms with Crippen molar-refractivity contribution < 1.29 is 18.9 Å². The maximum Gasteiger partial charge on any atom is 0.338 e. The van der Waals surface area contributed by atoms with Gasteiger partial charge in [0.25, 0.3) is 0 Å². The average molecular weight is 1220 g/mol. The number of unbranched alkanes of at least 4 members (excludes halogenated alkanes) is 36. The minimum Gasteiger partial charge on any atom is -0.493 e. The second kappa shape index (κ2) is 44.9. The van der Waals surface area contributed by atoms with Crippen LogP contribution in [0.3, 0.4) is 0 Å². The van der Waals surface area contributed by atoms with Gasteiger partial charge in [0.1, 0.15) is 23.0 Å². The monoisotopic (exact) mass is 1220 g/mol. The Labute approximate surface area is 538 Å². The smallest absolute Gasteiger partial charge is 0.338 e. The lowest BCUT2D eigenvalue weighted by molar-refractivity contribution is 0.292. The molecule has 0 atom stereocenters. The van der Waals surface area contributed by atoms with Gasteiger partial charge in [-0.05, 0) is 71.2 Å². The first kappa shape index (κ1) is 72.6. The van der Waals surface area contributed by atoms with Crippen LogP contribution in [-0.2, 0) is 25.7 Å². The number of para-hydroxylation sites is 3. The summed E-state index contributed by atoms with van der Waals surface area (Å²) in [4.78, 5) is 44.9. The summed E-state index contributed by atoms with van der Waals surface area (Å²) >= 11 is 0. The standard InChI is InChI=1S/C79H121N3O7/c1-5-9-13-17-21-25-29-33-37-41-54-86-73-64-48-45-49-65(73)59-67-51-47-53-69(75(67)88-56-43-39-35-31-27-23-19-15-11-7-3)61-71-63-72(82-78(84)80-77(83)81-79(82)85)62-70(76(71)89-57-44-40-36-32-28-24-20-16-12-8-4)60-68-52-46-50-66(58-64)74(68)87-55-42-38-34-30-26-22-18-14-10-6-2/h45-53,62-63H,5-44,54-61H2,1-4H3,(H2,80,81,83,84,85). The Kier molecular flexibility index (Phi) is 36.6. The van der Waals surface area contributed by atoms with Gasteiger partial charge in [-0.25, -0.2) is 19.0 Å². The second-order valence-corrected chi connectivity index (χ2v) is 26.2. The Morgan fingerprint density at radius 1 is 0.292 bits per heavy atom. The molecule has 89 heavy (non-hydrogen) atoms. The topological polar surface area (TPSA) is 125 Å². The van der Waals surface area contributed by atoms with Crippen molar-refractivity contribution in [1.29, 1.82) is 0 Å². The van der Waals surface area contributed by atoms with Crippen LogP contribution < -0.4 is 36.0 Å². The van der Waals surface area contributed by atoms with Crippen molar-refractivity contribution in [2.24, 2.45) is 0 Å². The normalized spacial score (nSPS) is 12.2. The van der Waals surface area contributed by atoms with E-state index in [0.29, 0.717) is 57.8 Å². The molecule has 2 N–H and O–H groups in total. The number of aromatic nitrogens is 3. The van der Waals surface area contributed by atoms with E-state index in [2.05, 4.69) is 92.3 Å². The molecular formula is C79H121N3O7. The number of nitrogens with zero attached hydrogens (tertiary/aromatic N) is 1. The first-order valence-electron chi connectivity index (χ1n) is 36.8. The van der Waals surface area contributed by atoms with Crippen LogP contribution in [0.15, 0.2) is 81.1 Å². The average Bonchev–Trinajstić information content (AvgIpc) is 1.48. The lowest BCUT2D eigenvalue weighted by atomic mass is 9.91. The van der Waals surface area contributed by atoms with E-state index in [1.165, 1.54) is 205 Å². The van der Waals surface area contributed by atoms with Gasteiger partial charge in [0.15, 0.2) is 0 Å². The lowest BCUT2D eigenvalue weighted by Crippen LogP contribution is -2.42. The molecule has 8 bridgehead atoms. The van der Waals surface area contributed by atoms with E-state index in [4.69, 9.17) is 18.9 Å². The van der Waals surface area contributed by atoms with E-state index >= 15 is 0 Å². The molecule has 0 amide bonds. The van der Waals surface area contributed by atoms with E-state index < -0.39 is 17.1 Å². The van der Waals surface area contributed by atoms with Gasteiger partial charge in [-0.15, -0.1) is 0 Å². The summed E-state index contributed by atoms with van der Waals surface area (Å²) in [5.74, 6) is 3.43. The van der Waals surface area contributed by atoms with Crippen LogP contribution in [-0.4, -0.2) is 41.0 Å². The third kappa shape index (κ3) is 27.1. The third-order valence-corrected chi connectivity index (χ3v) is 18.4. The molecule has 6 rings (SSSR count). The Morgan fingerprint density at radius 2 is 0.494 bits per heavy atom. The van der Waals surface area contributed by atoms with Crippen molar-refractivity contribution in [3.05, 3.63) is 143 Å². The maximum atomic E-state index is 13.8. The summed E-state index contributed by atoms with van der Waals surface area (Å²) < 4.78 is 29.5. The van der Waals surface area contributed by atoms with Gasteiger partial charge in [-0.3, -0.25) is 9.97 Å². The lowest BCUT2D eigenvalue weighted by Gasteiger charge is -2.23. The van der Waals surface area contributed by atoms with Crippen LogP contribution in [0.1, 0.15) is 329 Å². The minimum absolute atomic E-state index is 0.358. The number of hydrogen-bond donors (Lipinski definition) is 2. The summed E-state index contributed by atoms with van der Waals surface area (Å²) in [6.45, 7) is 11.5. The zero-order valence-corrected chi connectivity index (χ0v) is 56.6. The highest BCUT2D eigenvalue weighted by Crippen LogP contribution is 2.40. The molecule has 10 nitrogen and oxygen atoms in total. The van der Waals surface area contributed by atoms with Gasteiger partial charge < -0.3 is 18.9 Å². The number of aromatic amines is 2. The number of H-pyrrole nitrogens is 2. The van der Waals surface area contributed by atoms with Gasteiger partial charge in [0, 0.05) is 36.8 Å². The molecule has 1 aliphatic rings. The predicted octanol–water partition coefficient (Wildman–Crippen LogP) is 21.1. The van der Waals surface area contributed by atoms with E-state index in [1.807, 2.05) is 12.1 Å². The zero-order chi connectivity index (χ0) is 62.8. The van der Waals surface area contributed by atoms with Gasteiger partial charge in [0.05, 0.1) is 32.1 Å². The van der Waals surface area contributed by atoms with Crippen LogP contribution in [0, 0.1) is 0 Å². The highest BCUT2D eigenvalue weighted by Gasteiger charge is 2.24. The number of hydrogen-bond acceptors (Lipinski definition) is 7. The molecule has 4 aromatic carbocycles. The molecule has 0 aliphatic heterocycles. The van der Waals surface area contributed by atoms with Crippen LogP contribution in [0.25, 0.3) is 5.69 Å². The fraction of sp³-hybridized carbons (Fsp3) is 0.658. The van der Waals surface area contributed by atoms with E-state index in [9.17, 15) is 14.4 Å². The molecule has 10 heteroatoms. The van der Waals surface area contributed by atoms with Crippen LogP contribution in [0.2, 0.25) is 0 Å². The van der Waals surface area contributed by atoms with E-state index in [-0.39, 0.29) is 0 Å². The fourth-order valence-electron chi connectivity index (χ4n) is 13.2. The quantitative estimate of drug-likeness (QED) is 0.0365. The Bertz CT molecular complexity index is 2730.